The molecule has 0 atom stereocenters. The van der Waals surface area contributed by atoms with Gasteiger partial charge in [-0.2, -0.15) is 0 Å². The SMILES string of the molecule is CNCc1cn(-c2ccccc2C)cn1. The first-order valence-electron chi connectivity index (χ1n) is 5.04. The molecular weight excluding hydrogens is 186 g/mol. The molecule has 15 heavy (non-hydrogen) atoms. The van der Waals surface area contributed by atoms with Crippen LogP contribution in [0.25, 0.3) is 5.69 Å². The Morgan fingerprint density at radius 3 is 2.87 bits per heavy atom. The van der Waals surface area contributed by atoms with Crippen LogP contribution in [0.5, 0.6) is 0 Å². The lowest BCUT2D eigenvalue weighted by Crippen LogP contribution is -2.04. The molecule has 0 amide bonds. The molecule has 1 N–H and O–H groups in total. The molecule has 0 unspecified atom stereocenters. The van der Waals surface area contributed by atoms with Crippen molar-refractivity contribution in [2.75, 3.05) is 7.05 Å². The quantitative estimate of drug-likeness (QED) is 0.822. The number of imidazole rings is 1. The Hall–Kier alpha value is -1.61. The molecule has 3 nitrogen and oxygen atoms in total. The Bertz CT molecular complexity index is 446. The van der Waals surface area contributed by atoms with E-state index in [0.29, 0.717) is 0 Å². The highest BCUT2D eigenvalue weighted by Gasteiger charge is 2.01. The van der Waals surface area contributed by atoms with Crippen molar-refractivity contribution in [3.05, 3.63) is 48.0 Å². The summed E-state index contributed by atoms with van der Waals surface area (Å²) in [4.78, 5) is 4.32. The maximum atomic E-state index is 4.32. The Labute approximate surface area is 89.8 Å². The molecule has 1 aromatic carbocycles. The maximum absolute atomic E-state index is 4.32. The smallest absolute Gasteiger partial charge is 0.0995 e. The van der Waals surface area contributed by atoms with Crippen molar-refractivity contribution in [2.24, 2.45) is 0 Å². The third-order valence-corrected chi connectivity index (χ3v) is 2.39. The number of aryl methyl sites for hydroxylation is 1. The van der Waals surface area contributed by atoms with Crippen LogP contribution in [0, 0.1) is 6.92 Å². The molecule has 0 aliphatic rings. The molecule has 2 aromatic rings. The zero-order chi connectivity index (χ0) is 10.7. The first kappa shape index (κ1) is 9.93. The van der Waals surface area contributed by atoms with Crippen LogP contribution in [0.3, 0.4) is 0 Å². The van der Waals surface area contributed by atoms with Crippen LogP contribution in [0.2, 0.25) is 0 Å². The van der Waals surface area contributed by atoms with E-state index in [1.165, 1.54) is 11.3 Å². The van der Waals surface area contributed by atoms with Gasteiger partial charge in [0.1, 0.15) is 0 Å². The fraction of sp³-hybridized carbons (Fsp3) is 0.250. The molecule has 0 aliphatic heterocycles. The van der Waals surface area contributed by atoms with Crippen LogP contribution in [0.15, 0.2) is 36.8 Å². The predicted molar refractivity (Wildman–Crippen MR) is 61.1 cm³/mol. The van der Waals surface area contributed by atoms with E-state index in [4.69, 9.17) is 0 Å². The number of hydrogen-bond donors (Lipinski definition) is 1. The van der Waals surface area contributed by atoms with Gasteiger partial charge in [-0.25, -0.2) is 4.98 Å². The molecular formula is C12H15N3. The van der Waals surface area contributed by atoms with Crippen molar-refractivity contribution < 1.29 is 0 Å². The van der Waals surface area contributed by atoms with Crippen LogP contribution in [0.1, 0.15) is 11.3 Å². The van der Waals surface area contributed by atoms with Crippen molar-refractivity contribution in [1.82, 2.24) is 14.9 Å². The Morgan fingerprint density at radius 2 is 2.13 bits per heavy atom. The molecule has 0 fully saturated rings. The minimum absolute atomic E-state index is 0.804. The minimum Gasteiger partial charge on any atom is -0.314 e. The summed E-state index contributed by atoms with van der Waals surface area (Å²) in [5.74, 6) is 0. The molecule has 0 saturated heterocycles. The first-order chi connectivity index (χ1) is 7.31. The van der Waals surface area contributed by atoms with Gasteiger partial charge in [-0.15, -0.1) is 0 Å². The summed E-state index contributed by atoms with van der Waals surface area (Å²) in [5, 5.41) is 3.09. The number of nitrogens with zero attached hydrogens (tertiary/aromatic N) is 2. The fourth-order valence-corrected chi connectivity index (χ4v) is 1.62. The van der Waals surface area contributed by atoms with E-state index in [2.05, 4.69) is 40.1 Å². The molecule has 0 saturated carbocycles. The molecule has 2 rings (SSSR count). The highest BCUT2D eigenvalue weighted by molar-refractivity contribution is 5.40. The van der Waals surface area contributed by atoms with Crippen LogP contribution < -0.4 is 5.32 Å². The third kappa shape index (κ3) is 2.07. The van der Waals surface area contributed by atoms with E-state index in [1.807, 2.05) is 25.5 Å². The normalized spacial score (nSPS) is 10.5. The van der Waals surface area contributed by atoms with E-state index < -0.39 is 0 Å². The van der Waals surface area contributed by atoms with Crippen LogP contribution in [-0.2, 0) is 6.54 Å². The largest absolute Gasteiger partial charge is 0.314 e. The van der Waals surface area contributed by atoms with Gasteiger partial charge in [-0.05, 0) is 25.6 Å². The van der Waals surface area contributed by atoms with Crippen molar-refractivity contribution in [1.29, 1.82) is 0 Å². The van der Waals surface area contributed by atoms with E-state index >= 15 is 0 Å². The van der Waals surface area contributed by atoms with Crippen LogP contribution in [-0.4, -0.2) is 16.6 Å². The molecule has 0 spiro atoms. The topological polar surface area (TPSA) is 29.9 Å². The van der Waals surface area contributed by atoms with Crippen molar-refractivity contribution in [3.63, 3.8) is 0 Å². The van der Waals surface area contributed by atoms with E-state index in [1.54, 1.807) is 0 Å². The average Bonchev–Trinajstić information content (AvgIpc) is 2.68. The monoisotopic (exact) mass is 201 g/mol. The molecule has 0 radical (unpaired) electrons. The van der Waals surface area contributed by atoms with Crippen molar-refractivity contribution >= 4 is 0 Å². The molecule has 0 aliphatic carbocycles. The highest BCUT2D eigenvalue weighted by atomic mass is 15.0. The second kappa shape index (κ2) is 4.28. The summed E-state index contributed by atoms with van der Waals surface area (Å²) in [6, 6.07) is 8.29. The van der Waals surface area contributed by atoms with Gasteiger partial charge in [0.15, 0.2) is 0 Å². The highest BCUT2D eigenvalue weighted by Crippen LogP contribution is 2.13. The van der Waals surface area contributed by atoms with Crippen LogP contribution in [0.4, 0.5) is 0 Å². The third-order valence-electron chi connectivity index (χ3n) is 2.39. The summed E-state index contributed by atoms with van der Waals surface area (Å²) in [7, 11) is 1.92. The lowest BCUT2D eigenvalue weighted by atomic mass is 10.2. The molecule has 0 bridgehead atoms. The summed E-state index contributed by atoms with van der Waals surface area (Å²) in [6.07, 6.45) is 3.91. The van der Waals surface area contributed by atoms with Gasteiger partial charge in [0.05, 0.1) is 12.0 Å². The minimum atomic E-state index is 0.804. The van der Waals surface area contributed by atoms with E-state index in [0.717, 1.165) is 12.2 Å². The standard InChI is InChI=1S/C12H15N3/c1-10-5-3-4-6-12(10)15-8-11(7-13-2)14-9-15/h3-6,8-9,13H,7H2,1-2H3. The molecule has 1 aromatic heterocycles. The number of benzene rings is 1. The summed E-state index contributed by atoms with van der Waals surface area (Å²) in [5.41, 5.74) is 3.50. The summed E-state index contributed by atoms with van der Waals surface area (Å²) >= 11 is 0. The Morgan fingerprint density at radius 1 is 1.33 bits per heavy atom. The zero-order valence-corrected chi connectivity index (χ0v) is 9.07. The predicted octanol–water partition coefficient (Wildman–Crippen LogP) is 1.90. The lowest BCUT2D eigenvalue weighted by molar-refractivity contribution is 0.796. The van der Waals surface area contributed by atoms with Crippen LogP contribution >= 0.6 is 0 Å². The van der Waals surface area contributed by atoms with Gasteiger partial charge in [0.25, 0.3) is 0 Å². The zero-order valence-electron chi connectivity index (χ0n) is 9.07. The number of hydrogen-bond acceptors (Lipinski definition) is 2. The average molecular weight is 201 g/mol. The van der Waals surface area contributed by atoms with Gasteiger partial charge in [-0.3, -0.25) is 0 Å². The van der Waals surface area contributed by atoms with Gasteiger partial charge in [0.2, 0.25) is 0 Å². The Balaban J connectivity index is 2.33. The van der Waals surface area contributed by atoms with E-state index in [-0.39, 0.29) is 0 Å². The molecule has 3 heteroatoms. The summed E-state index contributed by atoms with van der Waals surface area (Å²) in [6.45, 7) is 2.91. The maximum Gasteiger partial charge on any atom is 0.0995 e. The van der Waals surface area contributed by atoms with Gasteiger partial charge < -0.3 is 9.88 Å². The van der Waals surface area contributed by atoms with Gasteiger partial charge in [0, 0.05) is 18.4 Å². The van der Waals surface area contributed by atoms with Crippen molar-refractivity contribution in [2.45, 2.75) is 13.5 Å². The number of rotatable bonds is 3. The first-order valence-corrected chi connectivity index (χ1v) is 5.04. The second-order valence-corrected chi connectivity index (χ2v) is 3.59. The lowest BCUT2D eigenvalue weighted by Gasteiger charge is -2.04. The number of nitrogens with one attached hydrogen (secondary N) is 1. The second-order valence-electron chi connectivity index (χ2n) is 3.59. The number of aromatic nitrogens is 2. The summed E-state index contributed by atoms with van der Waals surface area (Å²) < 4.78 is 2.06. The van der Waals surface area contributed by atoms with Gasteiger partial charge in [-0.1, -0.05) is 18.2 Å². The molecule has 78 valence electrons. The fourth-order valence-electron chi connectivity index (χ4n) is 1.62. The molecule has 1 heterocycles. The van der Waals surface area contributed by atoms with Gasteiger partial charge >= 0.3 is 0 Å². The number of para-hydroxylation sites is 1. The van der Waals surface area contributed by atoms with E-state index in [9.17, 15) is 0 Å². The van der Waals surface area contributed by atoms with Crippen molar-refractivity contribution in [3.8, 4) is 5.69 Å². The Kier molecular flexibility index (Phi) is 2.83.